The third-order valence-corrected chi connectivity index (χ3v) is 5.58. The van der Waals surface area contributed by atoms with Crippen LogP contribution in [0.5, 0.6) is 0 Å². The van der Waals surface area contributed by atoms with Crippen molar-refractivity contribution in [3.05, 3.63) is 0 Å². The van der Waals surface area contributed by atoms with E-state index in [2.05, 4.69) is 16.9 Å². The first-order chi connectivity index (χ1) is 8.52. The zero-order valence-corrected chi connectivity index (χ0v) is 11.4. The van der Waals surface area contributed by atoms with Crippen molar-refractivity contribution < 1.29 is 14.7 Å². The second kappa shape index (κ2) is 4.99. The molecule has 0 aromatic heterocycles. The Morgan fingerprint density at radius 2 is 1.78 bits per heavy atom. The van der Waals surface area contributed by atoms with Gasteiger partial charge in [-0.3, -0.25) is 4.79 Å². The second-order valence-corrected chi connectivity index (χ2v) is 6.64. The van der Waals surface area contributed by atoms with Gasteiger partial charge in [0.25, 0.3) is 0 Å². The van der Waals surface area contributed by atoms with Crippen LogP contribution in [0.3, 0.4) is 0 Å². The molecule has 2 fully saturated rings. The van der Waals surface area contributed by atoms with Gasteiger partial charge in [0.2, 0.25) is 0 Å². The lowest BCUT2D eigenvalue weighted by Gasteiger charge is -2.37. The number of hydrogen-bond acceptors (Lipinski definition) is 3. The van der Waals surface area contributed by atoms with Gasteiger partial charge in [-0.15, -0.1) is 0 Å². The summed E-state index contributed by atoms with van der Waals surface area (Å²) in [7, 11) is 0. The summed E-state index contributed by atoms with van der Waals surface area (Å²) < 4.78 is 0.234. The SMILES string of the molecule is CSC1(CNC(=O)NCC2(C(=O)O)CCC2)CC1. The molecule has 2 saturated carbocycles. The Kier molecular flexibility index (Phi) is 3.75. The second-order valence-electron chi connectivity index (χ2n) is 5.36. The fourth-order valence-electron chi connectivity index (χ4n) is 2.22. The van der Waals surface area contributed by atoms with Crippen molar-refractivity contribution >= 4 is 23.8 Å². The van der Waals surface area contributed by atoms with Crippen LogP contribution < -0.4 is 10.6 Å². The number of amides is 2. The summed E-state index contributed by atoms with van der Waals surface area (Å²) in [5.74, 6) is -0.795. The van der Waals surface area contributed by atoms with E-state index in [1.165, 1.54) is 0 Å². The highest BCUT2D eigenvalue weighted by Gasteiger charge is 2.45. The fraction of sp³-hybridized carbons (Fsp3) is 0.833. The smallest absolute Gasteiger partial charge is 0.314 e. The van der Waals surface area contributed by atoms with Crippen molar-refractivity contribution in [1.82, 2.24) is 10.6 Å². The van der Waals surface area contributed by atoms with Crippen LogP contribution in [0.4, 0.5) is 4.79 Å². The predicted octanol–water partition coefficient (Wildman–Crippen LogP) is 1.44. The van der Waals surface area contributed by atoms with Crippen LogP contribution in [0.2, 0.25) is 0 Å². The van der Waals surface area contributed by atoms with E-state index in [1.54, 1.807) is 11.8 Å². The molecule has 0 aromatic carbocycles. The van der Waals surface area contributed by atoms with Crippen molar-refractivity contribution in [3.63, 3.8) is 0 Å². The van der Waals surface area contributed by atoms with Crippen LogP contribution in [0.1, 0.15) is 32.1 Å². The van der Waals surface area contributed by atoms with E-state index in [9.17, 15) is 9.59 Å². The molecule has 0 aliphatic heterocycles. The van der Waals surface area contributed by atoms with Crippen LogP contribution in [-0.4, -0.2) is 41.2 Å². The Labute approximate surface area is 111 Å². The lowest BCUT2D eigenvalue weighted by molar-refractivity contribution is -0.153. The molecular formula is C12H20N2O3S. The van der Waals surface area contributed by atoms with Gasteiger partial charge in [0.1, 0.15) is 0 Å². The molecule has 0 saturated heterocycles. The van der Waals surface area contributed by atoms with Crippen LogP contribution in [0, 0.1) is 5.41 Å². The van der Waals surface area contributed by atoms with E-state index in [1.807, 2.05) is 0 Å². The molecule has 18 heavy (non-hydrogen) atoms. The summed E-state index contributed by atoms with van der Waals surface area (Å²) in [5, 5.41) is 14.7. The van der Waals surface area contributed by atoms with Gasteiger partial charge < -0.3 is 15.7 Å². The number of hydrogen-bond donors (Lipinski definition) is 3. The monoisotopic (exact) mass is 272 g/mol. The highest BCUT2D eigenvalue weighted by molar-refractivity contribution is 8.00. The Balaban J connectivity index is 1.70. The van der Waals surface area contributed by atoms with Gasteiger partial charge in [-0.2, -0.15) is 11.8 Å². The number of urea groups is 1. The van der Waals surface area contributed by atoms with E-state index in [4.69, 9.17) is 5.11 Å². The molecular weight excluding hydrogens is 252 g/mol. The number of carboxylic acid groups (broad SMARTS) is 1. The van der Waals surface area contributed by atoms with Crippen molar-refractivity contribution in [2.75, 3.05) is 19.3 Å². The average molecular weight is 272 g/mol. The molecule has 0 aromatic rings. The van der Waals surface area contributed by atoms with Crippen LogP contribution in [0.25, 0.3) is 0 Å². The molecule has 5 nitrogen and oxygen atoms in total. The highest BCUT2D eigenvalue weighted by Crippen LogP contribution is 2.46. The third-order valence-electron chi connectivity index (χ3n) is 4.16. The Morgan fingerprint density at radius 1 is 1.17 bits per heavy atom. The lowest BCUT2D eigenvalue weighted by Crippen LogP contribution is -2.50. The first-order valence-electron chi connectivity index (χ1n) is 6.32. The number of nitrogens with one attached hydrogen (secondary N) is 2. The number of carbonyl (C=O) groups is 2. The molecule has 102 valence electrons. The largest absolute Gasteiger partial charge is 0.481 e. The molecule has 0 radical (unpaired) electrons. The summed E-state index contributed by atoms with van der Waals surface area (Å²) in [4.78, 5) is 22.7. The van der Waals surface area contributed by atoms with E-state index in [0.29, 0.717) is 19.4 Å². The molecule has 3 N–H and O–H groups in total. The highest BCUT2D eigenvalue weighted by atomic mass is 32.2. The van der Waals surface area contributed by atoms with Crippen LogP contribution in [-0.2, 0) is 4.79 Å². The zero-order valence-electron chi connectivity index (χ0n) is 10.6. The molecule has 0 atom stereocenters. The van der Waals surface area contributed by atoms with Gasteiger partial charge in [0, 0.05) is 17.8 Å². The van der Waals surface area contributed by atoms with E-state index in [-0.39, 0.29) is 17.3 Å². The summed E-state index contributed by atoms with van der Waals surface area (Å²) in [6, 6.07) is -0.247. The third kappa shape index (κ3) is 2.74. The summed E-state index contributed by atoms with van der Waals surface area (Å²) >= 11 is 1.79. The fourth-order valence-corrected chi connectivity index (χ4v) is 2.94. The Morgan fingerprint density at radius 3 is 2.17 bits per heavy atom. The average Bonchev–Trinajstić information content (AvgIpc) is 3.05. The zero-order chi connectivity index (χ0) is 13.2. The number of carbonyl (C=O) groups excluding carboxylic acids is 1. The number of aliphatic carboxylic acids is 1. The van der Waals surface area contributed by atoms with Gasteiger partial charge >= 0.3 is 12.0 Å². The van der Waals surface area contributed by atoms with E-state index < -0.39 is 11.4 Å². The van der Waals surface area contributed by atoms with Crippen molar-refractivity contribution in [2.24, 2.45) is 5.41 Å². The molecule has 0 unspecified atom stereocenters. The quantitative estimate of drug-likeness (QED) is 0.683. The molecule has 2 aliphatic carbocycles. The predicted molar refractivity (Wildman–Crippen MR) is 70.8 cm³/mol. The van der Waals surface area contributed by atoms with E-state index >= 15 is 0 Å². The molecule has 2 amide bonds. The molecule has 2 aliphatic rings. The van der Waals surface area contributed by atoms with Gasteiger partial charge in [0.05, 0.1) is 5.41 Å². The number of carboxylic acids is 1. The molecule has 0 bridgehead atoms. The standard InChI is InChI=1S/C12H20N2O3S/c1-18-12(5-6-12)8-14-10(17)13-7-11(9(15)16)3-2-4-11/h2-8H2,1H3,(H,15,16)(H2,13,14,17). The maximum Gasteiger partial charge on any atom is 0.314 e. The minimum absolute atomic E-state index is 0.234. The van der Waals surface area contributed by atoms with Crippen LogP contribution >= 0.6 is 11.8 Å². The number of rotatable bonds is 6. The minimum Gasteiger partial charge on any atom is -0.481 e. The maximum absolute atomic E-state index is 11.6. The molecule has 6 heteroatoms. The first kappa shape index (κ1) is 13.5. The number of thioether (sulfide) groups is 1. The van der Waals surface area contributed by atoms with Gasteiger partial charge in [0.15, 0.2) is 0 Å². The van der Waals surface area contributed by atoms with Gasteiger partial charge in [-0.1, -0.05) is 6.42 Å². The van der Waals surface area contributed by atoms with Crippen molar-refractivity contribution in [3.8, 4) is 0 Å². The van der Waals surface area contributed by atoms with Gasteiger partial charge in [-0.25, -0.2) is 4.79 Å². The lowest BCUT2D eigenvalue weighted by atomic mass is 9.69. The molecule has 0 spiro atoms. The minimum atomic E-state index is -0.795. The summed E-state index contributed by atoms with van der Waals surface area (Å²) in [5.41, 5.74) is -0.714. The van der Waals surface area contributed by atoms with Crippen molar-refractivity contribution in [2.45, 2.75) is 36.9 Å². The summed E-state index contributed by atoms with van der Waals surface area (Å²) in [6.07, 6.45) is 6.61. The molecule has 2 rings (SSSR count). The summed E-state index contributed by atoms with van der Waals surface area (Å²) in [6.45, 7) is 0.903. The normalized spacial score (nSPS) is 22.7. The van der Waals surface area contributed by atoms with E-state index in [0.717, 1.165) is 19.3 Å². The maximum atomic E-state index is 11.6. The van der Waals surface area contributed by atoms with Crippen LogP contribution in [0.15, 0.2) is 0 Å². The molecule has 0 heterocycles. The van der Waals surface area contributed by atoms with Gasteiger partial charge in [-0.05, 0) is 31.9 Å². The first-order valence-corrected chi connectivity index (χ1v) is 7.55. The Bertz CT molecular complexity index is 351. The Hall–Kier alpha value is -0.910. The topological polar surface area (TPSA) is 78.4 Å². The van der Waals surface area contributed by atoms with Crippen molar-refractivity contribution in [1.29, 1.82) is 0 Å².